The molecule has 106 valence electrons. The zero-order chi connectivity index (χ0) is 14.4. The molecule has 2 aliphatic heterocycles. The first-order valence-electron chi connectivity index (χ1n) is 7.06. The van der Waals surface area contributed by atoms with Crippen molar-refractivity contribution in [1.29, 1.82) is 0 Å². The summed E-state index contributed by atoms with van der Waals surface area (Å²) in [4.78, 5) is 13.4. The lowest BCUT2D eigenvalue weighted by molar-refractivity contribution is -0.171. The summed E-state index contributed by atoms with van der Waals surface area (Å²) in [6.07, 6.45) is 0. The van der Waals surface area contributed by atoms with E-state index in [2.05, 4.69) is 12.1 Å². The Labute approximate surface area is 123 Å². The summed E-state index contributed by atoms with van der Waals surface area (Å²) >= 11 is 0. The van der Waals surface area contributed by atoms with Crippen LogP contribution < -0.4 is 5.73 Å². The minimum absolute atomic E-state index is 0.153. The molecule has 2 unspecified atom stereocenters. The molecule has 2 aromatic rings. The summed E-state index contributed by atoms with van der Waals surface area (Å²) < 4.78 is 6.14. The maximum Gasteiger partial charge on any atom is 0.315 e. The number of nitrogens with zero attached hydrogens (tertiary/aromatic N) is 1. The number of amides is 2. The van der Waals surface area contributed by atoms with E-state index >= 15 is 0 Å². The van der Waals surface area contributed by atoms with Gasteiger partial charge in [-0.15, -0.1) is 0 Å². The van der Waals surface area contributed by atoms with Gasteiger partial charge in [-0.1, -0.05) is 54.6 Å². The fraction of sp³-hybridized carbons (Fsp3) is 0.235. The number of hydrogen-bond donors (Lipinski definition) is 1. The van der Waals surface area contributed by atoms with E-state index in [4.69, 9.17) is 10.5 Å². The number of primary amides is 1. The monoisotopic (exact) mass is 280 g/mol. The average molecular weight is 280 g/mol. The SMILES string of the molecule is NC(=O)N1CC2(OCc3ccccc32)C1c1ccccc1. The lowest BCUT2D eigenvalue weighted by atomic mass is 9.74. The van der Waals surface area contributed by atoms with Gasteiger partial charge in [0.15, 0.2) is 0 Å². The molecule has 2 heterocycles. The van der Waals surface area contributed by atoms with Crippen LogP contribution in [0.15, 0.2) is 54.6 Å². The first kappa shape index (κ1) is 12.4. The smallest absolute Gasteiger partial charge is 0.315 e. The molecule has 2 atom stereocenters. The molecule has 2 aliphatic rings. The Bertz CT molecular complexity index is 701. The average Bonchev–Trinajstić information content (AvgIpc) is 2.87. The third-order valence-corrected chi connectivity index (χ3v) is 4.52. The molecule has 0 bridgehead atoms. The molecule has 1 saturated heterocycles. The van der Waals surface area contributed by atoms with E-state index in [1.54, 1.807) is 4.90 Å². The van der Waals surface area contributed by atoms with Crippen LogP contribution in [0.3, 0.4) is 0 Å². The number of carbonyl (C=O) groups is 1. The number of ether oxygens (including phenoxy) is 1. The van der Waals surface area contributed by atoms with Crippen molar-refractivity contribution in [3.05, 3.63) is 71.3 Å². The standard InChI is InChI=1S/C17H16N2O2/c18-16(20)19-11-17(15(19)12-6-2-1-3-7-12)14-9-5-4-8-13(14)10-21-17/h1-9,15H,10-11H2,(H2,18,20). The number of nitrogens with two attached hydrogens (primary N) is 1. The van der Waals surface area contributed by atoms with E-state index in [9.17, 15) is 4.79 Å². The van der Waals surface area contributed by atoms with Gasteiger partial charge in [-0.3, -0.25) is 0 Å². The molecule has 4 nitrogen and oxygen atoms in total. The Balaban J connectivity index is 1.82. The van der Waals surface area contributed by atoms with Crippen LogP contribution in [-0.2, 0) is 16.9 Å². The molecule has 0 aliphatic carbocycles. The molecule has 0 radical (unpaired) electrons. The molecule has 2 amide bonds. The summed E-state index contributed by atoms with van der Waals surface area (Å²) in [5.41, 5.74) is 8.51. The predicted octanol–water partition coefficient (Wildman–Crippen LogP) is 2.55. The van der Waals surface area contributed by atoms with Crippen molar-refractivity contribution in [2.45, 2.75) is 18.2 Å². The predicted molar refractivity (Wildman–Crippen MR) is 78.4 cm³/mol. The van der Waals surface area contributed by atoms with Crippen LogP contribution in [-0.4, -0.2) is 17.5 Å². The molecule has 0 aromatic heterocycles. The molecule has 1 spiro atoms. The zero-order valence-corrected chi connectivity index (χ0v) is 11.5. The van der Waals surface area contributed by atoms with Crippen molar-refractivity contribution in [2.75, 3.05) is 6.54 Å². The molecule has 4 rings (SSSR count). The Kier molecular flexibility index (Phi) is 2.56. The van der Waals surface area contributed by atoms with Gasteiger partial charge in [-0.25, -0.2) is 4.79 Å². The third-order valence-electron chi connectivity index (χ3n) is 4.52. The van der Waals surface area contributed by atoms with Crippen LogP contribution in [0.1, 0.15) is 22.7 Å². The van der Waals surface area contributed by atoms with Gasteiger partial charge in [0, 0.05) is 0 Å². The van der Waals surface area contributed by atoms with Gasteiger partial charge in [0.05, 0.1) is 19.2 Å². The Hall–Kier alpha value is -2.33. The summed E-state index contributed by atoms with van der Waals surface area (Å²) in [7, 11) is 0. The van der Waals surface area contributed by atoms with E-state index in [0.29, 0.717) is 13.2 Å². The van der Waals surface area contributed by atoms with Crippen LogP contribution in [0.4, 0.5) is 4.79 Å². The van der Waals surface area contributed by atoms with E-state index in [1.165, 1.54) is 11.1 Å². The second-order valence-corrected chi connectivity index (χ2v) is 5.61. The number of carbonyl (C=O) groups excluding carboxylic acids is 1. The number of likely N-dealkylation sites (tertiary alicyclic amines) is 1. The summed E-state index contributed by atoms with van der Waals surface area (Å²) in [5.74, 6) is 0. The molecule has 0 saturated carbocycles. The highest BCUT2D eigenvalue weighted by Crippen LogP contribution is 2.55. The number of urea groups is 1. The van der Waals surface area contributed by atoms with Crippen molar-refractivity contribution in [3.63, 3.8) is 0 Å². The molecular weight excluding hydrogens is 264 g/mol. The fourth-order valence-corrected chi connectivity index (χ4v) is 3.56. The Morgan fingerprint density at radius 1 is 1.14 bits per heavy atom. The second-order valence-electron chi connectivity index (χ2n) is 5.61. The maximum absolute atomic E-state index is 11.7. The Morgan fingerprint density at radius 2 is 1.86 bits per heavy atom. The number of benzene rings is 2. The van der Waals surface area contributed by atoms with Crippen LogP contribution >= 0.6 is 0 Å². The van der Waals surface area contributed by atoms with Crippen molar-refractivity contribution < 1.29 is 9.53 Å². The highest BCUT2D eigenvalue weighted by molar-refractivity contribution is 5.75. The van der Waals surface area contributed by atoms with Gasteiger partial charge in [0.25, 0.3) is 0 Å². The fourth-order valence-electron chi connectivity index (χ4n) is 3.56. The number of fused-ring (bicyclic) bond motifs is 2. The summed E-state index contributed by atoms with van der Waals surface area (Å²) in [6, 6.07) is 17.6. The van der Waals surface area contributed by atoms with Crippen molar-refractivity contribution in [2.24, 2.45) is 5.73 Å². The first-order chi connectivity index (χ1) is 10.2. The van der Waals surface area contributed by atoms with Crippen LogP contribution in [0.25, 0.3) is 0 Å². The minimum atomic E-state index is -0.451. The van der Waals surface area contributed by atoms with Crippen LogP contribution in [0.2, 0.25) is 0 Å². The molecular formula is C17H16N2O2. The third kappa shape index (κ3) is 1.63. The number of hydrogen-bond acceptors (Lipinski definition) is 2. The molecule has 4 heteroatoms. The van der Waals surface area contributed by atoms with E-state index < -0.39 is 11.6 Å². The van der Waals surface area contributed by atoms with Gasteiger partial charge >= 0.3 is 6.03 Å². The largest absolute Gasteiger partial charge is 0.361 e. The van der Waals surface area contributed by atoms with Crippen molar-refractivity contribution in [3.8, 4) is 0 Å². The number of rotatable bonds is 1. The van der Waals surface area contributed by atoms with Crippen molar-refractivity contribution >= 4 is 6.03 Å². The first-order valence-corrected chi connectivity index (χ1v) is 7.06. The van der Waals surface area contributed by atoms with Crippen LogP contribution in [0, 0.1) is 0 Å². The minimum Gasteiger partial charge on any atom is -0.361 e. The van der Waals surface area contributed by atoms with Gasteiger partial charge in [0.1, 0.15) is 5.60 Å². The lowest BCUT2D eigenvalue weighted by Crippen LogP contribution is -2.64. The van der Waals surface area contributed by atoms with Gasteiger partial charge in [-0.05, 0) is 16.7 Å². The van der Waals surface area contributed by atoms with Gasteiger partial charge in [0.2, 0.25) is 0 Å². The Morgan fingerprint density at radius 3 is 2.62 bits per heavy atom. The maximum atomic E-state index is 11.7. The zero-order valence-electron chi connectivity index (χ0n) is 11.5. The van der Waals surface area contributed by atoms with Gasteiger partial charge < -0.3 is 15.4 Å². The molecule has 2 N–H and O–H groups in total. The molecule has 21 heavy (non-hydrogen) atoms. The highest BCUT2D eigenvalue weighted by atomic mass is 16.5. The second kappa shape index (κ2) is 4.33. The lowest BCUT2D eigenvalue weighted by Gasteiger charge is -2.54. The molecule has 1 fully saturated rings. The van der Waals surface area contributed by atoms with Crippen molar-refractivity contribution in [1.82, 2.24) is 4.90 Å². The topological polar surface area (TPSA) is 55.6 Å². The van der Waals surface area contributed by atoms with Crippen LogP contribution in [0.5, 0.6) is 0 Å². The summed E-state index contributed by atoms with van der Waals surface area (Å²) in [5, 5.41) is 0. The molecule has 2 aromatic carbocycles. The quantitative estimate of drug-likeness (QED) is 0.872. The van der Waals surface area contributed by atoms with E-state index in [1.807, 2.05) is 42.5 Å². The highest BCUT2D eigenvalue weighted by Gasteiger charge is 2.59. The van der Waals surface area contributed by atoms with Gasteiger partial charge in [-0.2, -0.15) is 0 Å². The normalized spacial score (nSPS) is 26.5. The summed E-state index contributed by atoms with van der Waals surface area (Å²) in [6.45, 7) is 1.10. The van der Waals surface area contributed by atoms with E-state index in [0.717, 1.165) is 5.56 Å². The van der Waals surface area contributed by atoms with E-state index in [-0.39, 0.29) is 6.04 Å².